The minimum atomic E-state index is -0.510. The molecule has 0 rings (SSSR count). The highest BCUT2D eigenvalue weighted by Crippen LogP contribution is 1.96. The van der Waals surface area contributed by atoms with E-state index in [0.717, 1.165) is 0 Å². The summed E-state index contributed by atoms with van der Waals surface area (Å²) in [6.07, 6.45) is 0.374. The van der Waals surface area contributed by atoms with Crippen LogP contribution in [0.25, 0.3) is 0 Å². The Labute approximate surface area is 73.0 Å². The summed E-state index contributed by atoms with van der Waals surface area (Å²) >= 11 is 0. The molecule has 0 saturated heterocycles. The van der Waals surface area contributed by atoms with Crippen molar-refractivity contribution in [3.05, 3.63) is 0 Å². The van der Waals surface area contributed by atoms with Gasteiger partial charge in [0.25, 0.3) is 0 Å². The highest BCUT2D eigenvalue weighted by Gasteiger charge is 2.15. The first-order valence-corrected chi connectivity index (χ1v) is 4.06. The van der Waals surface area contributed by atoms with E-state index in [1.807, 2.05) is 6.92 Å². The number of ether oxygens (including phenoxy) is 2. The van der Waals surface area contributed by atoms with E-state index in [1.54, 1.807) is 14.0 Å². The summed E-state index contributed by atoms with van der Waals surface area (Å²) in [6.45, 7) is 4.01. The average molecular weight is 175 g/mol. The van der Waals surface area contributed by atoms with Gasteiger partial charge in [0, 0.05) is 7.11 Å². The van der Waals surface area contributed by atoms with Gasteiger partial charge in [0.2, 0.25) is 0 Å². The van der Waals surface area contributed by atoms with E-state index in [0.29, 0.717) is 13.0 Å². The highest BCUT2D eigenvalue weighted by molar-refractivity contribution is 5.75. The minimum absolute atomic E-state index is 0.222. The third kappa shape index (κ3) is 4.31. The van der Waals surface area contributed by atoms with Crippen molar-refractivity contribution in [1.29, 1.82) is 0 Å². The Balaban J connectivity index is 3.67. The molecule has 0 amide bonds. The van der Waals surface area contributed by atoms with Gasteiger partial charge in [-0.25, -0.2) is 0 Å². The normalized spacial score (nSPS) is 15.3. The van der Waals surface area contributed by atoms with E-state index in [1.165, 1.54) is 0 Å². The molecule has 12 heavy (non-hydrogen) atoms. The lowest BCUT2D eigenvalue weighted by molar-refractivity contribution is -0.152. The van der Waals surface area contributed by atoms with Crippen molar-refractivity contribution in [1.82, 2.24) is 0 Å². The largest absolute Gasteiger partial charge is 0.459 e. The van der Waals surface area contributed by atoms with Gasteiger partial charge in [0.05, 0.1) is 6.61 Å². The Bertz CT molecular complexity index is 138. The molecule has 0 bridgehead atoms. The molecule has 4 heteroatoms. The number of rotatable bonds is 5. The molecule has 0 aromatic rings. The predicted octanol–water partition coefficient (Wildman–Crippen LogP) is 0.302. The van der Waals surface area contributed by atoms with Gasteiger partial charge >= 0.3 is 5.97 Å². The molecule has 0 heterocycles. The molecule has 2 N–H and O–H groups in total. The zero-order valence-electron chi connectivity index (χ0n) is 7.87. The Kier molecular flexibility index (Phi) is 5.66. The van der Waals surface area contributed by atoms with Crippen molar-refractivity contribution in [3.63, 3.8) is 0 Å². The lowest BCUT2D eigenvalue weighted by atomic mass is 10.2. The van der Waals surface area contributed by atoms with Crippen molar-refractivity contribution >= 4 is 5.97 Å². The lowest BCUT2D eigenvalue weighted by Crippen LogP contribution is -2.34. The predicted molar refractivity (Wildman–Crippen MR) is 45.7 cm³/mol. The van der Waals surface area contributed by atoms with Crippen molar-refractivity contribution in [3.8, 4) is 0 Å². The van der Waals surface area contributed by atoms with Crippen LogP contribution in [0, 0.1) is 0 Å². The summed E-state index contributed by atoms with van der Waals surface area (Å²) in [5.74, 6) is -0.359. The first-order chi connectivity index (χ1) is 5.61. The molecular weight excluding hydrogens is 158 g/mol. The van der Waals surface area contributed by atoms with Gasteiger partial charge in [-0.2, -0.15) is 0 Å². The van der Waals surface area contributed by atoms with E-state index < -0.39 is 6.04 Å². The fraction of sp³-hybridized carbons (Fsp3) is 0.875. The molecule has 4 nitrogen and oxygen atoms in total. The zero-order valence-corrected chi connectivity index (χ0v) is 7.87. The van der Waals surface area contributed by atoms with Crippen molar-refractivity contribution in [2.45, 2.75) is 32.4 Å². The van der Waals surface area contributed by atoms with Crippen LogP contribution in [-0.2, 0) is 14.3 Å². The molecule has 0 aliphatic rings. The summed E-state index contributed by atoms with van der Waals surface area (Å²) in [5.41, 5.74) is 5.45. The standard InChI is InChI=1S/C8H17NO3/c1-4-7(9)8(10)12-6(2)5-11-3/h6-7H,4-5,9H2,1-3H3. The van der Waals surface area contributed by atoms with Crippen LogP contribution in [0.4, 0.5) is 0 Å². The van der Waals surface area contributed by atoms with Gasteiger partial charge in [-0.1, -0.05) is 6.92 Å². The molecule has 2 atom stereocenters. The molecule has 2 unspecified atom stereocenters. The number of carbonyl (C=O) groups excluding carboxylic acids is 1. The first-order valence-electron chi connectivity index (χ1n) is 4.06. The second kappa shape index (κ2) is 5.97. The number of nitrogens with two attached hydrogens (primary N) is 1. The van der Waals surface area contributed by atoms with E-state index in [9.17, 15) is 4.79 Å². The van der Waals surface area contributed by atoms with Gasteiger partial charge in [-0.3, -0.25) is 4.79 Å². The Morgan fingerprint density at radius 3 is 2.58 bits per heavy atom. The summed E-state index contributed by atoms with van der Waals surface area (Å²) in [6, 6.07) is -0.510. The molecule has 0 saturated carbocycles. The third-order valence-corrected chi connectivity index (χ3v) is 1.46. The summed E-state index contributed by atoms with van der Waals surface area (Å²) < 4.78 is 9.75. The molecule has 0 aromatic heterocycles. The van der Waals surface area contributed by atoms with E-state index >= 15 is 0 Å². The Hall–Kier alpha value is -0.610. The van der Waals surface area contributed by atoms with Crippen LogP contribution < -0.4 is 5.73 Å². The third-order valence-electron chi connectivity index (χ3n) is 1.46. The summed E-state index contributed by atoms with van der Waals surface area (Å²) in [4.78, 5) is 11.1. The monoisotopic (exact) mass is 175 g/mol. The van der Waals surface area contributed by atoms with Crippen LogP contribution in [0.1, 0.15) is 20.3 Å². The molecule has 72 valence electrons. The zero-order chi connectivity index (χ0) is 9.56. The fourth-order valence-corrected chi connectivity index (χ4v) is 0.721. The van der Waals surface area contributed by atoms with Crippen LogP contribution in [0.15, 0.2) is 0 Å². The summed E-state index contributed by atoms with van der Waals surface area (Å²) in [5, 5.41) is 0. The van der Waals surface area contributed by atoms with Gasteiger partial charge in [0.1, 0.15) is 12.1 Å². The van der Waals surface area contributed by atoms with E-state index in [-0.39, 0.29) is 12.1 Å². The van der Waals surface area contributed by atoms with E-state index in [2.05, 4.69) is 0 Å². The number of hydrogen-bond acceptors (Lipinski definition) is 4. The van der Waals surface area contributed by atoms with Gasteiger partial charge < -0.3 is 15.2 Å². The molecule has 0 aromatic carbocycles. The average Bonchev–Trinajstić information content (AvgIpc) is 2.03. The quantitative estimate of drug-likeness (QED) is 0.610. The summed E-state index contributed by atoms with van der Waals surface area (Å²) in [7, 11) is 1.56. The Morgan fingerprint density at radius 2 is 2.17 bits per heavy atom. The molecule has 0 fully saturated rings. The maximum atomic E-state index is 11.1. The number of hydrogen-bond donors (Lipinski definition) is 1. The maximum Gasteiger partial charge on any atom is 0.323 e. The molecule has 0 radical (unpaired) electrons. The maximum absolute atomic E-state index is 11.1. The van der Waals surface area contributed by atoms with Crippen LogP contribution in [-0.4, -0.2) is 31.8 Å². The van der Waals surface area contributed by atoms with Crippen molar-refractivity contribution in [2.24, 2.45) is 5.73 Å². The number of carbonyl (C=O) groups is 1. The van der Waals surface area contributed by atoms with E-state index in [4.69, 9.17) is 15.2 Å². The fourth-order valence-electron chi connectivity index (χ4n) is 0.721. The topological polar surface area (TPSA) is 61.6 Å². The molecule has 0 aliphatic heterocycles. The van der Waals surface area contributed by atoms with Crippen LogP contribution in [0.5, 0.6) is 0 Å². The van der Waals surface area contributed by atoms with Gasteiger partial charge in [0.15, 0.2) is 0 Å². The number of methoxy groups -OCH3 is 1. The molecule has 0 spiro atoms. The van der Waals surface area contributed by atoms with Crippen LogP contribution in [0.2, 0.25) is 0 Å². The second-order valence-electron chi connectivity index (χ2n) is 2.72. The first kappa shape index (κ1) is 11.4. The lowest BCUT2D eigenvalue weighted by Gasteiger charge is -2.14. The SMILES string of the molecule is CCC(N)C(=O)OC(C)COC. The minimum Gasteiger partial charge on any atom is -0.459 e. The van der Waals surface area contributed by atoms with Gasteiger partial charge in [-0.15, -0.1) is 0 Å². The van der Waals surface area contributed by atoms with Gasteiger partial charge in [-0.05, 0) is 13.3 Å². The Morgan fingerprint density at radius 1 is 1.58 bits per heavy atom. The molecule has 0 aliphatic carbocycles. The van der Waals surface area contributed by atoms with Crippen LogP contribution >= 0.6 is 0 Å². The second-order valence-corrected chi connectivity index (χ2v) is 2.72. The van der Waals surface area contributed by atoms with Crippen LogP contribution in [0.3, 0.4) is 0 Å². The molecular formula is C8H17NO3. The smallest absolute Gasteiger partial charge is 0.323 e. The highest BCUT2D eigenvalue weighted by atomic mass is 16.6. The van der Waals surface area contributed by atoms with Crippen molar-refractivity contribution in [2.75, 3.05) is 13.7 Å². The van der Waals surface area contributed by atoms with Crippen molar-refractivity contribution < 1.29 is 14.3 Å². The number of esters is 1.